The standard InChI is InChI=1S/C10H20O3S/c1-11-4-5-12-6-7-13-8-10(9-14)2-3-10/h14H,2-9H2,1H3. The van der Waals surface area contributed by atoms with Gasteiger partial charge in [0.2, 0.25) is 0 Å². The van der Waals surface area contributed by atoms with Gasteiger partial charge in [0, 0.05) is 12.5 Å². The molecule has 1 fully saturated rings. The average molecular weight is 220 g/mol. The van der Waals surface area contributed by atoms with Crippen molar-refractivity contribution in [2.24, 2.45) is 5.41 Å². The van der Waals surface area contributed by atoms with E-state index in [0.717, 1.165) is 12.4 Å². The van der Waals surface area contributed by atoms with Crippen LogP contribution < -0.4 is 0 Å². The third-order valence-electron chi connectivity index (χ3n) is 2.50. The molecule has 0 bridgehead atoms. The molecule has 1 aliphatic carbocycles. The van der Waals surface area contributed by atoms with Gasteiger partial charge >= 0.3 is 0 Å². The number of methoxy groups -OCH3 is 1. The van der Waals surface area contributed by atoms with Crippen molar-refractivity contribution in [3.05, 3.63) is 0 Å². The number of hydrogen-bond donors (Lipinski definition) is 1. The third kappa shape index (κ3) is 4.64. The highest BCUT2D eigenvalue weighted by Gasteiger charge is 2.41. The summed E-state index contributed by atoms with van der Waals surface area (Å²) in [4.78, 5) is 0. The Morgan fingerprint density at radius 2 is 1.71 bits per heavy atom. The molecule has 0 saturated heterocycles. The summed E-state index contributed by atoms with van der Waals surface area (Å²) in [5, 5.41) is 0. The maximum absolute atomic E-state index is 5.52. The first-order valence-corrected chi connectivity index (χ1v) is 5.71. The summed E-state index contributed by atoms with van der Waals surface area (Å²) in [5.41, 5.74) is 0.398. The molecule has 0 atom stereocenters. The quantitative estimate of drug-likeness (QED) is 0.470. The van der Waals surface area contributed by atoms with Crippen molar-refractivity contribution in [2.45, 2.75) is 12.8 Å². The van der Waals surface area contributed by atoms with Gasteiger partial charge in [0.1, 0.15) is 0 Å². The minimum Gasteiger partial charge on any atom is -0.382 e. The number of hydrogen-bond acceptors (Lipinski definition) is 4. The summed E-state index contributed by atoms with van der Waals surface area (Å²) in [6.07, 6.45) is 2.53. The third-order valence-corrected chi connectivity index (χ3v) is 3.18. The molecule has 0 N–H and O–H groups in total. The van der Waals surface area contributed by atoms with E-state index in [1.165, 1.54) is 12.8 Å². The molecule has 0 radical (unpaired) electrons. The molecule has 1 rings (SSSR count). The lowest BCUT2D eigenvalue weighted by atomic mass is 10.2. The van der Waals surface area contributed by atoms with Crippen LogP contribution in [0.3, 0.4) is 0 Å². The molecule has 1 saturated carbocycles. The van der Waals surface area contributed by atoms with E-state index in [0.29, 0.717) is 31.8 Å². The predicted molar refractivity (Wildman–Crippen MR) is 59.0 cm³/mol. The van der Waals surface area contributed by atoms with E-state index >= 15 is 0 Å². The Hall–Kier alpha value is 0.230. The molecule has 4 heteroatoms. The van der Waals surface area contributed by atoms with Gasteiger partial charge in [-0.25, -0.2) is 0 Å². The Balaban J connectivity index is 1.80. The van der Waals surface area contributed by atoms with Crippen LogP contribution in [0.15, 0.2) is 0 Å². The molecule has 0 unspecified atom stereocenters. The maximum Gasteiger partial charge on any atom is 0.0701 e. The Bertz CT molecular complexity index is 148. The predicted octanol–water partition coefficient (Wildman–Crippen LogP) is 1.38. The zero-order valence-corrected chi connectivity index (χ0v) is 9.72. The molecular weight excluding hydrogens is 200 g/mol. The average Bonchev–Trinajstić information content (AvgIpc) is 2.98. The fraction of sp³-hybridized carbons (Fsp3) is 1.00. The van der Waals surface area contributed by atoms with Crippen LogP contribution >= 0.6 is 12.6 Å². The van der Waals surface area contributed by atoms with Crippen molar-refractivity contribution in [3.63, 3.8) is 0 Å². The SMILES string of the molecule is COCCOCCOCC1(CS)CC1. The first kappa shape index (κ1) is 12.3. The Kier molecular flexibility index (Phi) is 5.86. The van der Waals surface area contributed by atoms with E-state index in [2.05, 4.69) is 12.6 Å². The van der Waals surface area contributed by atoms with Gasteiger partial charge in [0.25, 0.3) is 0 Å². The number of thiol groups is 1. The van der Waals surface area contributed by atoms with Crippen LogP contribution in [-0.2, 0) is 14.2 Å². The van der Waals surface area contributed by atoms with Crippen molar-refractivity contribution in [1.29, 1.82) is 0 Å². The first-order valence-electron chi connectivity index (χ1n) is 5.08. The number of rotatable bonds is 9. The first-order chi connectivity index (χ1) is 6.83. The fourth-order valence-corrected chi connectivity index (χ4v) is 1.58. The second-order valence-electron chi connectivity index (χ2n) is 3.82. The van der Waals surface area contributed by atoms with Gasteiger partial charge in [-0.3, -0.25) is 0 Å². The van der Waals surface area contributed by atoms with E-state index in [9.17, 15) is 0 Å². The lowest BCUT2D eigenvalue weighted by Crippen LogP contribution is -2.15. The number of ether oxygens (including phenoxy) is 3. The Morgan fingerprint density at radius 1 is 1.07 bits per heavy atom. The topological polar surface area (TPSA) is 27.7 Å². The van der Waals surface area contributed by atoms with Gasteiger partial charge in [-0.15, -0.1) is 0 Å². The van der Waals surface area contributed by atoms with Gasteiger partial charge < -0.3 is 14.2 Å². The van der Waals surface area contributed by atoms with Crippen LogP contribution in [0, 0.1) is 5.41 Å². The molecule has 0 amide bonds. The molecule has 84 valence electrons. The normalized spacial score (nSPS) is 18.4. The molecule has 0 heterocycles. The smallest absolute Gasteiger partial charge is 0.0701 e. The molecule has 3 nitrogen and oxygen atoms in total. The van der Waals surface area contributed by atoms with Gasteiger partial charge in [-0.2, -0.15) is 12.6 Å². The lowest BCUT2D eigenvalue weighted by molar-refractivity contribution is 0.0148. The van der Waals surface area contributed by atoms with Crippen LogP contribution in [0.4, 0.5) is 0 Å². The summed E-state index contributed by atoms with van der Waals surface area (Å²) in [7, 11) is 1.67. The van der Waals surface area contributed by atoms with Crippen LogP contribution in [0.5, 0.6) is 0 Å². The van der Waals surface area contributed by atoms with Crippen LogP contribution in [0.1, 0.15) is 12.8 Å². The van der Waals surface area contributed by atoms with Crippen LogP contribution in [0.2, 0.25) is 0 Å². The molecule has 0 aromatic rings. The van der Waals surface area contributed by atoms with E-state index in [-0.39, 0.29) is 0 Å². The highest BCUT2D eigenvalue weighted by Crippen LogP contribution is 2.46. The van der Waals surface area contributed by atoms with Crippen LogP contribution in [0.25, 0.3) is 0 Å². The second-order valence-corrected chi connectivity index (χ2v) is 4.13. The molecular formula is C10H20O3S. The summed E-state index contributed by atoms with van der Waals surface area (Å²) < 4.78 is 15.6. The zero-order chi connectivity index (χ0) is 10.3. The summed E-state index contributed by atoms with van der Waals surface area (Å²) in [5.74, 6) is 0.942. The molecule has 0 spiro atoms. The maximum atomic E-state index is 5.52. The molecule has 0 aromatic heterocycles. The van der Waals surface area contributed by atoms with E-state index in [1.54, 1.807) is 7.11 Å². The van der Waals surface area contributed by atoms with Gasteiger partial charge in [0.15, 0.2) is 0 Å². The molecule has 0 aromatic carbocycles. The molecule has 14 heavy (non-hydrogen) atoms. The highest BCUT2D eigenvalue weighted by molar-refractivity contribution is 7.80. The van der Waals surface area contributed by atoms with Gasteiger partial charge in [-0.05, 0) is 18.6 Å². The molecule has 0 aliphatic heterocycles. The summed E-state index contributed by atoms with van der Waals surface area (Å²) in [6.45, 7) is 3.48. The van der Waals surface area contributed by atoms with E-state index in [1.807, 2.05) is 0 Å². The zero-order valence-electron chi connectivity index (χ0n) is 8.83. The minimum absolute atomic E-state index is 0.398. The van der Waals surface area contributed by atoms with Gasteiger partial charge in [0.05, 0.1) is 33.0 Å². The second kappa shape index (κ2) is 6.67. The van der Waals surface area contributed by atoms with Crippen molar-refractivity contribution in [2.75, 3.05) is 45.9 Å². The van der Waals surface area contributed by atoms with Crippen LogP contribution in [-0.4, -0.2) is 45.9 Å². The van der Waals surface area contributed by atoms with Crippen molar-refractivity contribution < 1.29 is 14.2 Å². The van der Waals surface area contributed by atoms with Crippen molar-refractivity contribution in [1.82, 2.24) is 0 Å². The van der Waals surface area contributed by atoms with Crippen molar-refractivity contribution >= 4 is 12.6 Å². The Morgan fingerprint density at radius 3 is 2.29 bits per heavy atom. The fourth-order valence-electron chi connectivity index (χ4n) is 1.18. The summed E-state index contributed by atoms with van der Waals surface area (Å²) >= 11 is 4.31. The lowest BCUT2D eigenvalue weighted by Gasteiger charge is -2.12. The van der Waals surface area contributed by atoms with Gasteiger partial charge in [-0.1, -0.05) is 0 Å². The monoisotopic (exact) mass is 220 g/mol. The molecule has 1 aliphatic rings. The Labute approximate surface area is 91.5 Å². The van der Waals surface area contributed by atoms with Crippen molar-refractivity contribution in [3.8, 4) is 0 Å². The van der Waals surface area contributed by atoms with E-state index in [4.69, 9.17) is 14.2 Å². The minimum atomic E-state index is 0.398. The van der Waals surface area contributed by atoms with E-state index < -0.39 is 0 Å². The highest BCUT2D eigenvalue weighted by atomic mass is 32.1. The largest absolute Gasteiger partial charge is 0.382 e. The summed E-state index contributed by atoms with van der Waals surface area (Å²) in [6, 6.07) is 0.